The molecule has 8 heteroatoms. The zero-order chi connectivity index (χ0) is 16.3. The highest BCUT2D eigenvalue weighted by Crippen LogP contribution is 2.19. The quantitative estimate of drug-likeness (QED) is 0.877. The number of benzene rings is 1. The molecule has 22 heavy (non-hydrogen) atoms. The normalized spacial score (nSPS) is 11.2. The van der Waals surface area contributed by atoms with Crippen molar-refractivity contribution in [3.05, 3.63) is 41.6 Å². The molecule has 1 amide bonds. The number of hydrogen-bond donors (Lipinski definition) is 2. The van der Waals surface area contributed by atoms with Gasteiger partial charge in [0.1, 0.15) is 5.82 Å². The number of para-hydroxylation sites is 1. The van der Waals surface area contributed by atoms with E-state index in [0.29, 0.717) is 5.82 Å². The van der Waals surface area contributed by atoms with Crippen LogP contribution in [0.2, 0.25) is 0 Å². The van der Waals surface area contributed by atoms with Gasteiger partial charge in [-0.2, -0.15) is 5.10 Å². The van der Waals surface area contributed by atoms with Gasteiger partial charge in [0.05, 0.1) is 22.7 Å². The number of aryl methyl sites for hydroxylation is 2. The van der Waals surface area contributed by atoms with E-state index >= 15 is 0 Å². The molecule has 0 aliphatic heterocycles. The molecule has 0 spiro atoms. The summed E-state index contributed by atoms with van der Waals surface area (Å²) in [6.07, 6.45) is 0. The summed E-state index contributed by atoms with van der Waals surface area (Å²) in [6.45, 7) is 3.35. The molecule has 1 aromatic carbocycles. The van der Waals surface area contributed by atoms with Crippen LogP contribution in [0.25, 0.3) is 0 Å². The Hall–Kier alpha value is -2.35. The van der Waals surface area contributed by atoms with E-state index in [2.05, 4.69) is 15.1 Å². The van der Waals surface area contributed by atoms with Crippen molar-refractivity contribution >= 4 is 27.4 Å². The van der Waals surface area contributed by atoms with Crippen LogP contribution in [-0.2, 0) is 17.1 Å². The number of carbonyl (C=O) groups excluding carboxylic acids is 1. The summed E-state index contributed by atoms with van der Waals surface area (Å²) < 4.78 is 27.4. The van der Waals surface area contributed by atoms with E-state index < -0.39 is 15.9 Å². The van der Waals surface area contributed by atoms with Crippen molar-refractivity contribution in [2.75, 3.05) is 15.8 Å². The van der Waals surface area contributed by atoms with E-state index in [0.717, 1.165) is 5.69 Å². The lowest BCUT2D eigenvalue weighted by Gasteiger charge is -2.11. The monoisotopic (exact) mass is 322 g/mol. The van der Waals surface area contributed by atoms with Gasteiger partial charge in [-0.3, -0.25) is 14.2 Å². The van der Waals surface area contributed by atoms with Gasteiger partial charge in [0.25, 0.3) is 5.91 Å². The molecule has 1 aromatic heterocycles. The van der Waals surface area contributed by atoms with E-state index in [9.17, 15) is 13.2 Å². The summed E-state index contributed by atoms with van der Waals surface area (Å²) in [4.78, 5) is 12.4. The second-order valence-corrected chi connectivity index (χ2v) is 6.81. The number of sulfonamides is 1. The Morgan fingerprint density at radius 3 is 2.59 bits per heavy atom. The topological polar surface area (TPSA) is 93.1 Å². The van der Waals surface area contributed by atoms with E-state index in [-0.39, 0.29) is 17.0 Å². The molecule has 7 nitrogen and oxygen atoms in total. The van der Waals surface area contributed by atoms with Crippen molar-refractivity contribution in [3.8, 4) is 0 Å². The number of nitrogens with zero attached hydrogens (tertiary/aromatic N) is 2. The van der Waals surface area contributed by atoms with Gasteiger partial charge in [0, 0.05) is 13.1 Å². The van der Waals surface area contributed by atoms with Crippen LogP contribution in [-0.4, -0.2) is 29.9 Å². The Morgan fingerprint density at radius 2 is 2.00 bits per heavy atom. The minimum absolute atomic E-state index is 0.0656. The van der Waals surface area contributed by atoms with Crippen molar-refractivity contribution in [2.45, 2.75) is 13.8 Å². The maximum Gasteiger partial charge on any atom is 0.258 e. The summed E-state index contributed by atoms with van der Waals surface area (Å²) in [5.41, 5.74) is 1.27. The summed E-state index contributed by atoms with van der Waals surface area (Å²) >= 11 is 0. The molecule has 0 bridgehead atoms. The molecule has 0 atom stereocenters. The van der Waals surface area contributed by atoms with Crippen molar-refractivity contribution in [1.29, 1.82) is 0 Å². The van der Waals surface area contributed by atoms with Crippen LogP contribution in [0.1, 0.15) is 23.0 Å². The number of amides is 1. The summed E-state index contributed by atoms with van der Waals surface area (Å²) in [5.74, 6) is 0.0669. The molecule has 0 aliphatic carbocycles. The smallest absolute Gasteiger partial charge is 0.258 e. The highest BCUT2D eigenvalue weighted by atomic mass is 32.2. The molecular weight excluding hydrogens is 304 g/mol. The number of anilines is 2. The first-order chi connectivity index (χ1) is 10.3. The maximum absolute atomic E-state index is 12.4. The third-order valence-electron chi connectivity index (χ3n) is 3.06. The van der Waals surface area contributed by atoms with Gasteiger partial charge in [-0.25, -0.2) is 8.42 Å². The fourth-order valence-corrected chi connectivity index (χ4v) is 2.58. The molecule has 0 saturated heterocycles. The molecule has 2 N–H and O–H groups in total. The van der Waals surface area contributed by atoms with Crippen LogP contribution in [0.5, 0.6) is 0 Å². The molecule has 0 saturated carbocycles. The van der Waals surface area contributed by atoms with Gasteiger partial charge < -0.3 is 5.32 Å². The summed E-state index contributed by atoms with van der Waals surface area (Å²) in [5, 5.41) is 6.86. The minimum atomic E-state index is -3.45. The number of rotatable bonds is 5. The number of aromatic nitrogens is 2. The predicted molar refractivity (Wildman–Crippen MR) is 85.4 cm³/mol. The first-order valence-corrected chi connectivity index (χ1v) is 8.39. The van der Waals surface area contributed by atoms with E-state index in [1.807, 2.05) is 6.92 Å². The molecule has 1 heterocycles. The molecule has 0 unspecified atom stereocenters. The molecule has 2 rings (SSSR count). The Kier molecular flexibility index (Phi) is 4.51. The molecule has 118 valence electrons. The van der Waals surface area contributed by atoms with E-state index in [1.54, 1.807) is 42.1 Å². The lowest BCUT2D eigenvalue weighted by molar-refractivity contribution is 0.102. The van der Waals surface area contributed by atoms with Gasteiger partial charge in [-0.05, 0) is 26.0 Å². The molecular formula is C14H18N4O3S. The molecule has 2 aromatic rings. The Morgan fingerprint density at radius 1 is 1.32 bits per heavy atom. The maximum atomic E-state index is 12.4. The molecule has 0 radical (unpaired) electrons. The van der Waals surface area contributed by atoms with E-state index in [4.69, 9.17) is 0 Å². The summed E-state index contributed by atoms with van der Waals surface area (Å²) in [7, 11) is -1.74. The van der Waals surface area contributed by atoms with Crippen molar-refractivity contribution in [2.24, 2.45) is 7.05 Å². The van der Waals surface area contributed by atoms with Crippen LogP contribution >= 0.6 is 0 Å². The van der Waals surface area contributed by atoms with Crippen molar-refractivity contribution < 1.29 is 13.2 Å². The lowest BCUT2D eigenvalue weighted by atomic mass is 10.1. The van der Waals surface area contributed by atoms with Crippen LogP contribution in [0.15, 0.2) is 30.3 Å². The standard InChI is InChI=1S/C14H18N4O3S/c1-4-22(20,21)17-12-8-6-5-7-11(12)14(19)15-13-9-10(2)16-18(13)3/h5-9,17H,4H2,1-3H3,(H,15,19). The van der Waals surface area contributed by atoms with Gasteiger partial charge >= 0.3 is 0 Å². The SMILES string of the molecule is CCS(=O)(=O)Nc1ccccc1C(=O)Nc1cc(C)nn1C. The van der Waals surface area contributed by atoms with Crippen LogP contribution < -0.4 is 10.0 Å². The van der Waals surface area contributed by atoms with Crippen LogP contribution in [0.3, 0.4) is 0 Å². The number of nitrogens with one attached hydrogen (secondary N) is 2. The zero-order valence-electron chi connectivity index (χ0n) is 12.6. The Bertz CT molecular complexity index is 796. The number of carbonyl (C=O) groups is 1. The third-order valence-corrected chi connectivity index (χ3v) is 4.35. The van der Waals surface area contributed by atoms with Gasteiger partial charge in [0.2, 0.25) is 10.0 Å². The van der Waals surface area contributed by atoms with Gasteiger partial charge in [-0.15, -0.1) is 0 Å². The van der Waals surface area contributed by atoms with Crippen LogP contribution in [0, 0.1) is 6.92 Å². The fraction of sp³-hybridized carbons (Fsp3) is 0.286. The fourth-order valence-electron chi connectivity index (χ4n) is 1.92. The van der Waals surface area contributed by atoms with Gasteiger partial charge in [-0.1, -0.05) is 12.1 Å². The lowest BCUT2D eigenvalue weighted by Crippen LogP contribution is -2.20. The first kappa shape index (κ1) is 16.0. The van der Waals surface area contributed by atoms with Crippen molar-refractivity contribution in [3.63, 3.8) is 0 Å². The predicted octanol–water partition coefficient (Wildman–Crippen LogP) is 1.74. The summed E-state index contributed by atoms with van der Waals surface area (Å²) in [6, 6.07) is 8.19. The highest BCUT2D eigenvalue weighted by molar-refractivity contribution is 7.92. The average molecular weight is 322 g/mol. The minimum Gasteiger partial charge on any atom is -0.307 e. The van der Waals surface area contributed by atoms with Crippen LogP contribution in [0.4, 0.5) is 11.5 Å². The second kappa shape index (κ2) is 6.18. The molecule has 0 fully saturated rings. The Balaban J connectivity index is 2.28. The largest absolute Gasteiger partial charge is 0.307 e. The zero-order valence-corrected chi connectivity index (χ0v) is 13.4. The first-order valence-electron chi connectivity index (χ1n) is 6.74. The second-order valence-electron chi connectivity index (χ2n) is 4.80. The highest BCUT2D eigenvalue weighted by Gasteiger charge is 2.16. The van der Waals surface area contributed by atoms with Gasteiger partial charge in [0.15, 0.2) is 0 Å². The van der Waals surface area contributed by atoms with E-state index in [1.165, 1.54) is 6.92 Å². The van der Waals surface area contributed by atoms with Crippen molar-refractivity contribution in [1.82, 2.24) is 9.78 Å². The Labute approximate surface area is 129 Å². The third kappa shape index (κ3) is 3.64. The average Bonchev–Trinajstić information content (AvgIpc) is 2.77. The number of hydrogen-bond acceptors (Lipinski definition) is 4. The molecule has 0 aliphatic rings.